The summed E-state index contributed by atoms with van der Waals surface area (Å²) in [7, 11) is 0. The van der Waals surface area contributed by atoms with Crippen LogP contribution < -0.4 is 0 Å². The molecule has 5 rings (SSSR count). The van der Waals surface area contributed by atoms with Crippen LogP contribution >= 0.6 is 38.9 Å². The van der Waals surface area contributed by atoms with Gasteiger partial charge in [-0.2, -0.15) is 9.61 Å². The molecule has 138 valence electrons. The van der Waals surface area contributed by atoms with Crippen molar-refractivity contribution in [1.82, 2.24) is 34.8 Å². The second kappa shape index (κ2) is 6.77. The van der Waals surface area contributed by atoms with Crippen molar-refractivity contribution in [2.75, 3.05) is 0 Å². The average molecular weight is 473 g/mol. The van der Waals surface area contributed by atoms with Gasteiger partial charge in [-0.3, -0.25) is 0 Å². The number of aromatic nitrogens is 7. The van der Waals surface area contributed by atoms with Gasteiger partial charge in [-0.15, -0.1) is 15.3 Å². The van der Waals surface area contributed by atoms with Gasteiger partial charge in [-0.1, -0.05) is 56.2 Å². The van der Waals surface area contributed by atoms with Gasteiger partial charge in [-0.05, 0) is 43.3 Å². The van der Waals surface area contributed by atoms with Crippen LogP contribution in [0.4, 0.5) is 0 Å². The fourth-order valence-corrected chi connectivity index (χ4v) is 4.23. The van der Waals surface area contributed by atoms with Gasteiger partial charge in [-0.25, -0.2) is 4.68 Å². The van der Waals surface area contributed by atoms with E-state index in [0.717, 1.165) is 26.4 Å². The van der Waals surface area contributed by atoms with Crippen molar-refractivity contribution in [3.63, 3.8) is 0 Å². The minimum atomic E-state index is 0.560. The first-order valence-corrected chi connectivity index (χ1v) is 10.3. The Bertz CT molecular complexity index is 1310. The number of rotatable bonds is 3. The molecule has 2 aromatic carbocycles. The van der Waals surface area contributed by atoms with E-state index in [-0.39, 0.29) is 0 Å². The summed E-state index contributed by atoms with van der Waals surface area (Å²) in [5.41, 5.74) is 3.36. The van der Waals surface area contributed by atoms with E-state index in [9.17, 15) is 0 Å². The molecule has 3 heterocycles. The monoisotopic (exact) mass is 471 g/mol. The largest absolute Gasteiger partial charge is 0.235 e. The molecule has 0 aliphatic heterocycles. The molecule has 0 aliphatic rings. The standard InChI is InChI=1S/C18H11BrClN7S/c1-10-15(21-25-26(10)14-7-5-13(20)6-8-14)16-22-23-18-27(16)24-17(28-18)11-3-2-4-12(19)9-11/h2-9H,1H3. The van der Waals surface area contributed by atoms with Crippen molar-refractivity contribution < 1.29 is 0 Å². The predicted molar refractivity (Wildman–Crippen MR) is 112 cm³/mol. The van der Waals surface area contributed by atoms with Crippen molar-refractivity contribution in [2.45, 2.75) is 6.92 Å². The highest BCUT2D eigenvalue weighted by molar-refractivity contribution is 9.10. The van der Waals surface area contributed by atoms with E-state index >= 15 is 0 Å². The summed E-state index contributed by atoms with van der Waals surface area (Å²) in [6.07, 6.45) is 0. The molecular formula is C18H11BrClN7S. The van der Waals surface area contributed by atoms with E-state index < -0.39 is 0 Å². The third-order valence-electron chi connectivity index (χ3n) is 4.24. The van der Waals surface area contributed by atoms with Crippen LogP contribution in [0.1, 0.15) is 5.69 Å². The molecule has 0 atom stereocenters. The minimum Gasteiger partial charge on any atom is -0.217 e. The number of halogens is 2. The maximum atomic E-state index is 5.98. The predicted octanol–water partition coefficient (Wildman–Crippen LogP) is 4.82. The molecule has 28 heavy (non-hydrogen) atoms. The summed E-state index contributed by atoms with van der Waals surface area (Å²) in [5.74, 6) is 0.560. The van der Waals surface area contributed by atoms with Crippen molar-refractivity contribution in [3.05, 3.63) is 63.7 Å². The zero-order valence-electron chi connectivity index (χ0n) is 14.4. The van der Waals surface area contributed by atoms with Crippen molar-refractivity contribution in [1.29, 1.82) is 0 Å². The van der Waals surface area contributed by atoms with Gasteiger partial charge >= 0.3 is 0 Å². The molecule has 0 saturated heterocycles. The Morgan fingerprint density at radius 3 is 2.64 bits per heavy atom. The quantitative estimate of drug-likeness (QED) is 0.376. The van der Waals surface area contributed by atoms with Crippen molar-refractivity contribution in [2.24, 2.45) is 0 Å². The number of benzene rings is 2. The third-order valence-corrected chi connectivity index (χ3v) is 5.93. The summed E-state index contributed by atoms with van der Waals surface area (Å²) < 4.78 is 4.45. The Kier molecular flexibility index (Phi) is 4.22. The molecule has 0 radical (unpaired) electrons. The SMILES string of the molecule is Cc1c(-c2nnc3sc(-c4cccc(Br)c4)nn23)nnn1-c1ccc(Cl)cc1. The molecule has 0 unspecified atom stereocenters. The molecule has 0 aliphatic carbocycles. The molecule has 0 fully saturated rings. The van der Waals surface area contributed by atoms with Gasteiger partial charge in [0.1, 0.15) is 5.01 Å². The van der Waals surface area contributed by atoms with E-state index in [2.05, 4.69) is 41.5 Å². The molecule has 0 N–H and O–H groups in total. The molecule has 0 saturated carbocycles. The van der Waals surface area contributed by atoms with E-state index in [1.807, 2.05) is 55.5 Å². The van der Waals surface area contributed by atoms with Gasteiger partial charge in [0.05, 0.1) is 11.4 Å². The maximum absolute atomic E-state index is 5.98. The lowest BCUT2D eigenvalue weighted by molar-refractivity contribution is 0.785. The first-order valence-electron chi connectivity index (χ1n) is 8.27. The highest BCUT2D eigenvalue weighted by Gasteiger charge is 2.20. The number of hydrogen-bond donors (Lipinski definition) is 0. The Morgan fingerprint density at radius 2 is 1.86 bits per heavy atom. The number of nitrogens with zero attached hydrogens (tertiary/aromatic N) is 7. The Balaban J connectivity index is 1.59. The Labute approximate surface area is 176 Å². The van der Waals surface area contributed by atoms with E-state index in [0.29, 0.717) is 21.5 Å². The average Bonchev–Trinajstić information content (AvgIpc) is 3.37. The smallest absolute Gasteiger partial charge is 0.217 e. The van der Waals surface area contributed by atoms with Crippen LogP contribution in [0, 0.1) is 6.92 Å². The summed E-state index contributed by atoms with van der Waals surface area (Å²) in [5, 5.41) is 23.3. The summed E-state index contributed by atoms with van der Waals surface area (Å²) in [6.45, 7) is 1.94. The van der Waals surface area contributed by atoms with E-state index in [1.54, 1.807) is 9.20 Å². The third kappa shape index (κ3) is 2.92. The lowest BCUT2D eigenvalue weighted by Crippen LogP contribution is -1.99. The number of hydrogen-bond acceptors (Lipinski definition) is 6. The van der Waals surface area contributed by atoms with Crippen LogP contribution in [0.25, 0.3) is 32.7 Å². The van der Waals surface area contributed by atoms with Gasteiger partial charge in [0.15, 0.2) is 5.69 Å². The topological polar surface area (TPSA) is 73.8 Å². The molecule has 0 amide bonds. The van der Waals surface area contributed by atoms with Gasteiger partial charge in [0.2, 0.25) is 10.8 Å². The maximum Gasteiger partial charge on any atom is 0.235 e. The second-order valence-electron chi connectivity index (χ2n) is 6.05. The first kappa shape index (κ1) is 17.5. The van der Waals surface area contributed by atoms with Crippen LogP contribution in [-0.2, 0) is 0 Å². The second-order valence-corrected chi connectivity index (χ2v) is 8.36. The normalized spacial score (nSPS) is 11.4. The molecular weight excluding hydrogens is 462 g/mol. The fraction of sp³-hybridized carbons (Fsp3) is 0.0556. The molecule has 0 bridgehead atoms. The van der Waals surface area contributed by atoms with Gasteiger partial charge in [0.25, 0.3) is 0 Å². The fourth-order valence-electron chi connectivity index (χ4n) is 2.87. The molecule has 0 spiro atoms. The highest BCUT2D eigenvalue weighted by atomic mass is 79.9. The van der Waals surface area contributed by atoms with Gasteiger partial charge in [0, 0.05) is 15.1 Å². The first-order chi connectivity index (χ1) is 13.6. The zero-order valence-corrected chi connectivity index (χ0v) is 17.6. The summed E-state index contributed by atoms with van der Waals surface area (Å²) in [6, 6.07) is 15.4. The summed E-state index contributed by atoms with van der Waals surface area (Å²) in [4.78, 5) is 0.699. The van der Waals surface area contributed by atoms with Crippen LogP contribution in [0.3, 0.4) is 0 Å². The number of fused-ring (bicyclic) bond motifs is 1. The van der Waals surface area contributed by atoms with E-state index in [4.69, 9.17) is 11.6 Å². The molecule has 3 aromatic heterocycles. The van der Waals surface area contributed by atoms with Crippen LogP contribution in [-0.4, -0.2) is 34.8 Å². The van der Waals surface area contributed by atoms with Crippen LogP contribution in [0.2, 0.25) is 5.02 Å². The Hall–Kier alpha value is -2.62. The Morgan fingerprint density at radius 1 is 1.04 bits per heavy atom. The molecule has 10 heteroatoms. The van der Waals surface area contributed by atoms with E-state index in [1.165, 1.54) is 11.3 Å². The lowest BCUT2D eigenvalue weighted by Gasteiger charge is -2.03. The molecule has 7 nitrogen and oxygen atoms in total. The van der Waals surface area contributed by atoms with Crippen LogP contribution in [0.15, 0.2) is 53.0 Å². The summed E-state index contributed by atoms with van der Waals surface area (Å²) >= 11 is 10.9. The zero-order chi connectivity index (χ0) is 19.3. The van der Waals surface area contributed by atoms with Gasteiger partial charge < -0.3 is 0 Å². The van der Waals surface area contributed by atoms with Crippen molar-refractivity contribution in [3.8, 4) is 27.8 Å². The van der Waals surface area contributed by atoms with Crippen molar-refractivity contribution >= 4 is 43.8 Å². The molecule has 5 aromatic rings. The minimum absolute atomic E-state index is 0.560. The lowest BCUT2D eigenvalue weighted by atomic mass is 10.2. The highest BCUT2D eigenvalue weighted by Crippen LogP contribution is 2.30. The van der Waals surface area contributed by atoms with Crippen LogP contribution in [0.5, 0.6) is 0 Å².